The van der Waals surface area contributed by atoms with Gasteiger partial charge in [-0.05, 0) is 54.3 Å². The second-order valence-corrected chi connectivity index (χ2v) is 6.61. The van der Waals surface area contributed by atoms with Crippen molar-refractivity contribution in [2.75, 3.05) is 24.5 Å². The van der Waals surface area contributed by atoms with Crippen LogP contribution in [0.1, 0.15) is 12.8 Å². The molecule has 0 atom stereocenters. The first-order chi connectivity index (χ1) is 11.8. The SMILES string of the molecule is NCC1CCN(c2cccc(-c3ccc4ccccc4c3)n2)CC1. The van der Waals surface area contributed by atoms with E-state index in [4.69, 9.17) is 10.7 Å². The molecule has 0 unspecified atom stereocenters. The molecule has 0 saturated carbocycles. The first kappa shape index (κ1) is 15.2. The number of nitrogens with two attached hydrogens (primary N) is 1. The molecule has 2 heterocycles. The van der Waals surface area contributed by atoms with Crippen molar-refractivity contribution in [1.82, 2.24) is 4.98 Å². The summed E-state index contributed by atoms with van der Waals surface area (Å²) in [6, 6.07) is 21.3. The number of hydrogen-bond donors (Lipinski definition) is 1. The fourth-order valence-electron chi connectivity index (χ4n) is 3.51. The van der Waals surface area contributed by atoms with Crippen LogP contribution in [-0.4, -0.2) is 24.6 Å². The number of pyridine rings is 1. The second kappa shape index (κ2) is 6.62. The van der Waals surface area contributed by atoms with Gasteiger partial charge in [0.1, 0.15) is 5.82 Å². The van der Waals surface area contributed by atoms with E-state index in [1.54, 1.807) is 0 Å². The number of fused-ring (bicyclic) bond motifs is 1. The molecule has 1 saturated heterocycles. The van der Waals surface area contributed by atoms with Gasteiger partial charge in [0, 0.05) is 18.7 Å². The summed E-state index contributed by atoms with van der Waals surface area (Å²) in [5.41, 5.74) is 8.01. The maximum Gasteiger partial charge on any atom is 0.129 e. The van der Waals surface area contributed by atoms with Crippen LogP contribution in [-0.2, 0) is 0 Å². The van der Waals surface area contributed by atoms with Gasteiger partial charge in [-0.3, -0.25) is 0 Å². The second-order valence-electron chi connectivity index (χ2n) is 6.61. The molecule has 0 radical (unpaired) electrons. The number of aromatic nitrogens is 1. The van der Waals surface area contributed by atoms with Crippen LogP contribution in [0.2, 0.25) is 0 Å². The largest absolute Gasteiger partial charge is 0.357 e. The summed E-state index contributed by atoms with van der Waals surface area (Å²) in [5.74, 6) is 1.75. The van der Waals surface area contributed by atoms with E-state index in [9.17, 15) is 0 Å². The summed E-state index contributed by atoms with van der Waals surface area (Å²) < 4.78 is 0. The summed E-state index contributed by atoms with van der Waals surface area (Å²) in [5, 5.41) is 2.52. The highest BCUT2D eigenvalue weighted by Gasteiger charge is 2.19. The van der Waals surface area contributed by atoms with Gasteiger partial charge in [-0.25, -0.2) is 4.98 Å². The Balaban J connectivity index is 1.62. The molecule has 4 rings (SSSR count). The molecule has 3 nitrogen and oxygen atoms in total. The van der Waals surface area contributed by atoms with Crippen LogP contribution in [0, 0.1) is 5.92 Å². The molecule has 3 heteroatoms. The number of benzene rings is 2. The summed E-state index contributed by atoms with van der Waals surface area (Å²) in [6.45, 7) is 2.91. The third kappa shape index (κ3) is 3.00. The summed E-state index contributed by atoms with van der Waals surface area (Å²) in [6.07, 6.45) is 2.33. The van der Waals surface area contributed by atoms with Crippen molar-refractivity contribution >= 4 is 16.6 Å². The highest BCUT2D eigenvalue weighted by atomic mass is 15.2. The van der Waals surface area contributed by atoms with Crippen molar-refractivity contribution in [3.8, 4) is 11.3 Å². The van der Waals surface area contributed by atoms with Crippen LogP contribution >= 0.6 is 0 Å². The van der Waals surface area contributed by atoms with Crippen molar-refractivity contribution < 1.29 is 0 Å². The smallest absolute Gasteiger partial charge is 0.129 e. The molecule has 1 aromatic heterocycles. The number of nitrogens with zero attached hydrogens (tertiary/aromatic N) is 2. The Labute approximate surface area is 143 Å². The first-order valence-electron chi connectivity index (χ1n) is 8.75. The van der Waals surface area contributed by atoms with E-state index in [-0.39, 0.29) is 0 Å². The normalized spacial score (nSPS) is 15.8. The average molecular weight is 317 g/mol. The molecule has 1 fully saturated rings. The molecule has 1 aliphatic heterocycles. The Bertz CT molecular complexity index is 835. The molecular formula is C21H23N3. The Kier molecular flexibility index (Phi) is 4.18. The lowest BCUT2D eigenvalue weighted by molar-refractivity contribution is 0.413. The van der Waals surface area contributed by atoms with E-state index in [1.165, 1.54) is 29.2 Å². The van der Waals surface area contributed by atoms with Crippen molar-refractivity contribution in [1.29, 1.82) is 0 Å². The standard InChI is InChI=1S/C21H23N3/c22-15-16-10-12-24(13-11-16)21-7-3-6-20(23-21)19-9-8-17-4-1-2-5-18(17)14-19/h1-9,14,16H,10-13,15,22H2. The number of piperidine rings is 1. The predicted octanol–water partition coefficient (Wildman–Crippen LogP) is 4.08. The fourth-order valence-corrected chi connectivity index (χ4v) is 3.51. The quantitative estimate of drug-likeness (QED) is 0.791. The minimum Gasteiger partial charge on any atom is -0.357 e. The van der Waals surface area contributed by atoms with Crippen LogP contribution in [0.5, 0.6) is 0 Å². The zero-order valence-electron chi connectivity index (χ0n) is 13.9. The third-order valence-electron chi connectivity index (χ3n) is 5.05. The van der Waals surface area contributed by atoms with Gasteiger partial charge in [0.05, 0.1) is 5.69 Å². The van der Waals surface area contributed by atoms with E-state index in [0.29, 0.717) is 5.92 Å². The maximum atomic E-state index is 5.80. The van der Waals surface area contributed by atoms with Crippen molar-refractivity contribution in [2.24, 2.45) is 11.7 Å². The van der Waals surface area contributed by atoms with Gasteiger partial charge in [-0.15, -0.1) is 0 Å². The minimum absolute atomic E-state index is 0.671. The topological polar surface area (TPSA) is 42.1 Å². The van der Waals surface area contributed by atoms with Gasteiger partial charge < -0.3 is 10.6 Å². The molecule has 2 aromatic carbocycles. The van der Waals surface area contributed by atoms with Crippen LogP contribution < -0.4 is 10.6 Å². The van der Waals surface area contributed by atoms with Gasteiger partial charge in [0.2, 0.25) is 0 Å². The zero-order chi connectivity index (χ0) is 16.4. The lowest BCUT2D eigenvalue weighted by Crippen LogP contribution is -2.36. The molecule has 0 bridgehead atoms. The van der Waals surface area contributed by atoms with E-state index in [1.807, 2.05) is 0 Å². The zero-order valence-corrected chi connectivity index (χ0v) is 13.9. The van der Waals surface area contributed by atoms with E-state index in [0.717, 1.165) is 31.1 Å². The van der Waals surface area contributed by atoms with Crippen molar-refractivity contribution in [2.45, 2.75) is 12.8 Å². The van der Waals surface area contributed by atoms with Gasteiger partial charge in [-0.2, -0.15) is 0 Å². The Morgan fingerprint density at radius 2 is 1.71 bits per heavy atom. The molecule has 0 amide bonds. The molecular weight excluding hydrogens is 294 g/mol. The summed E-state index contributed by atoms with van der Waals surface area (Å²) in [7, 11) is 0. The molecule has 1 aliphatic rings. The molecule has 3 aromatic rings. The lowest BCUT2D eigenvalue weighted by atomic mass is 9.97. The summed E-state index contributed by atoms with van der Waals surface area (Å²) >= 11 is 0. The number of hydrogen-bond acceptors (Lipinski definition) is 3. The first-order valence-corrected chi connectivity index (χ1v) is 8.75. The highest BCUT2D eigenvalue weighted by Crippen LogP contribution is 2.26. The maximum absolute atomic E-state index is 5.80. The van der Waals surface area contributed by atoms with Gasteiger partial charge in [-0.1, -0.05) is 42.5 Å². The predicted molar refractivity (Wildman–Crippen MR) is 101 cm³/mol. The Morgan fingerprint density at radius 3 is 2.50 bits per heavy atom. The van der Waals surface area contributed by atoms with Gasteiger partial charge in [0.15, 0.2) is 0 Å². The summed E-state index contributed by atoms with van der Waals surface area (Å²) in [4.78, 5) is 7.30. The lowest BCUT2D eigenvalue weighted by Gasteiger charge is -2.32. The van der Waals surface area contributed by atoms with Crippen LogP contribution in [0.4, 0.5) is 5.82 Å². The third-order valence-corrected chi connectivity index (χ3v) is 5.05. The molecule has 2 N–H and O–H groups in total. The van der Waals surface area contributed by atoms with E-state index < -0.39 is 0 Å². The van der Waals surface area contributed by atoms with E-state index in [2.05, 4.69) is 65.6 Å². The van der Waals surface area contributed by atoms with Crippen molar-refractivity contribution in [3.63, 3.8) is 0 Å². The molecule has 122 valence electrons. The molecule has 0 spiro atoms. The van der Waals surface area contributed by atoms with E-state index >= 15 is 0 Å². The highest BCUT2D eigenvalue weighted by molar-refractivity contribution is 5.86. The Hall–Kier alpha value is -2.39. The number of rotatable bonds is 3. The van der Waals surface area contributed by atoms with Gasteiger partial charge in [0.25, 0.3) is 0 Å². The van der Waals surface area contributed by atoms with Gasteiger partial charge >= 0.3 is 0 Å². The average Bonchev–Trinajstić information content (AvgIpc) is 2.68. The van der Waals surface area contributed by atoms with Crippen molar-refractivity contribution in [3.05, 3.63) is 60.7 Å². The monoisotopic (exact) mass is 317 g/mol. The molecule has 0 aliphatic carbocycles. The minimum atomic E-state index is 0.671. The number of anilines is 1. The van der Waals surface area contributed by atoms with Crippen LogP contribution in [0.3, 0.4) is 0 Å². The van der Waals surface area contributed by atoms with Crippen LogP contribution in [0.25, 0.3) is 22.0 Å². The Morgan fingerprint density at radius 1 is 0.917 bits per heavy atom. The molecule has 24 heavy (non-hydrogen) atoms. The fraction of sp³-hybridized carbons (Fsp3) is 0.286. The van der Waals surface area contributed by atoms with Crippen LogP contribution in [0.15, 0.2) is 60.7 Å².